The normalized spacial score (nSPS) is 21.8. The molecule has 1 aliphatic heterocycles. The number of hydrogen-bond donors (Lipinski definition) is 1. The first-order valence-corrected chi connectivity index (χ1v) is 5.78. The topological polar surface area (TPSA) is 37.6 Å². The van der Waals surface area contributed by atoms with Crippen LogP contribution in [0.5, 0.6) is 0 Å². The minimum atomic E-state index is 0.402. The minimum Gasteiger partial charge on any atom is -0.468 e. The number of likely N-dealkylation sites (tertiary alicyclic amines) is 1. The summed E-state index contributed by atoms with van der Waals surface area (Å²) < 4.78 is 10.8. The molecule has 1 aromatic rings. The van der Waals surface area contributed by atoms with E-state index < -0.39 is 0 Å². The van der Waals surface area contributed by atoms with Crippen molar-refractivity contribution in [1.82, 2.24) is 10.2 Å². The second-order valence-electron chi connectivity index (χ2n) is 4.28. The Morgan fingerprint density at radius 1 is 1.62 bits per heavy atom. The molecule has 1 fully saturated rings. The highest BCUT2D eigenvalue weighted by Gasteiger charge is 2.22. The fourth-order valence-corrected chi connectivity index (χ4v) is 2.20. The van der Waals surface area contributed by atoms with E-state index in [1.807, 2.05) is 7.05 Å². The molecule has 4 nitrogen and oxygen atoms in total. The predicted molar refractivity (Wildman–Crippen MR) is 62.2 cm³/mol. The van der Waals surface area contributed by atoms with Crippen molar-refractivity contribution in [3.05, 3.63) is 23.7 Å². The highest BCUT2D eigenvalue weighted by Crippen LogP contribution is 2.18. The van der Waals surface area contributed by atoms with Crippen molar-refractivity contribution >= 4 is 0 Å². The molecule has 4 heteroatoms. The van der Waals surface area contributed by atoms with E-state index in [1.165, 1.54) is 5.56 Å². The van der Waals surface area contributed by atoms with Crippen LogP contribution in [0, 0.1) is 0 Å². The number of ether oxygens (including phenoxy) is 1. The molecule has 16 heavy (non-hydrogen) atoms. The Hall–Kier alpha value is -0.840. The standard InChI is InChI=1S/C12H20N2O2/c1-13-7-12-10(4-6-16-12)8-14-5-3-11(9-14)15-2/h4,6,11,13H,3,5,7-9H2,1-2H3. The first kappa shape index (κ1) is 11.6. The summed E-state index contributed by atoms with van der Waals surface area (Å²) in [6.45, 7) is 3.90. The number of nitrogens with one attached hydrogen (secondary N) is 1. The van der Waals surface area contributed by atoms with Crippen LogP contribution in [-0.4, -0.2) is 38.3 Å². The molecule has 2 rings (SSSR count). The van der Waals surface area contributed by atoms with E-state index in [2.05, 4.69) is 16.3 Å². The maximum absolute atomic E-state index is 5.45. The van der Waals surface area contributed by atoms with Gasteiger partial charge in [0.05, 0.1) is 18.9 Å². The van der Waals surface area contributed by atoms with E-state index in [1.54, 1.807) is 13.4 Å². The lowest BCUT2D eigenvalue weighted by Gasteiger charge is -2.15. The van der Waals surface area contributed by atoms with E-state index in [-0.39, 0.29) is 0 Å². The molecule has 0 saturated carbocycles. The minimum absolute atomic E-state index is 0.402. The fourth-order valence-electron chi connectivity index (χ4n) is 2.20. The predicted octanol–water partition coefficient (Wildman–Crippen LogP) is 1.22. The molecule has 0 amide bonds. The summed E-state index contributed by atoms with van der Waals surface area (Å²) in [5.41, 5.74) is 1.28. The summed E-state index contributed by atoms with van der Waals surface area (Å²) in [5.74, 6) is 1.04. The van der Waals surface area contributed by atoms with Crippen LogP contribution >= 0.6 is 0 Å². The van der Waals surface area contributed by atoms with Gasteiger partial charge in [0, 0.05) is 32.3 Å². The molecule has 0 aromatic carbocycles. The van der Waals surface area contributed by atoms with Crippen LogP contribution in [0.1, 0.15) is 17.7 Å². The summed E-state index contributed by atoms with van der Waals surface area (Å²) in [4.78, 5) is 2.41. The van der Waals surface area contributed by atoms with Crippen LogP contribution in [0.3, 0.4) is 0 Å². The Labute approximate surface area is 96.6 Å². The Bertz CT molecular complexity index is 325. The molecule has 1 atom stereocenters. The molecule has 1 saturated heterocycles. The molecule has 1 N–H and O–H groups in total. The number of furan rings is 1. The number of rotatable bonds is 5. The highest BCUT2D eigenvalue weighted by atomic mass is 16.5. The van der Waals surface area contributed by atoms with Crippen LogP contribution in [0.4, 0.5) is 0 Å². The van der Waals surface area contributed by atoms with E-state index in [0.717, 1.165) is 38.4 Å². The van der Waals surface area contributed by atoms with Crippen LogP contribution < -0.4 is 5.32 Å². The second-order valence-corrected chi connectivity index (χ2v) is 4.28. The zero-order chi connectivity index (χ0) is 11.4. The first-order chi connectivity index (χ1) is 7.83. The lowest BCUT2D eigenvalue weighted by atomic mass is 10.2. The van der Waals surface area contributed by atoms with E-state index in [0.29, 0.717) is 6.10 Å². The number of hydrogen-bond acceptors (Lipinski definition) is 4. The van der Waals surface area contributed by atoms with Crippen molar-refractivity contribution in [2.45, 2.75) is 25.6 Å². The molecular formula is C12H20N2O2. The van der Waals surface area contributed by atoms with Gasteiger partial charge >= 0.3 is 0 Å². The van der Waals surface area contributed by atoms with Gasteiger partial charge in [0.2, 0.25) is 0 Å². The molecule has 90 valence electrons. The summed E-state index contributed by atoms with van der Waals surface area (Å²) in [6.07, 6.45) is 3.31. The van der Waals surface area contributed by atoms with Crippen molar-refractivity contribution < 1.29 is 9.15 Å². The van der Waals surface area contributed by atoms with Gasteiger partial charge in [-0.15, -0.1) is 0 Å². The Kier molecular flexibility index (Phi) is 3.98. The van der Waals surface area contributed by atoms with Gasteiger partial charge in [-0.2, -0.15) is 0 Å². The molecule has 0 spiro atoms. The Balaban J connectivity index is 1.91. The van der Waals surface area contributed by atoms with Crippen molar-refractivity contribution in [3.8, 4) is 0 Å². The largest absolute Gasteiger partial charge is 0.468 e. The molecule has 0 aliphatic carbocycles. The quantitative estimate of drug-likeness (QED) is 0.816. The van der Waals surface area contributed by atoms with Crippen LogP contribution in [0.25, 0.3) is 0 Å². The molecule has 1 unspecified atom stereocenters. The Morgan fingerprint density at radius 3 is 3.19 bits per heavy atom. The van der Waals surface area contributed by atoms with Gasteiger partial charge < -0.3 is 14.5 Å². The smallest absolute Gasteiger partial charge is 0.122 e. The van der Waals surface area contributed by atoms with Gasteiger partial charge in [-0.25, -0.2) is 0 Å². The summed E-state index contributed by atoms with van der Waals surface area (Å²) in [5, 5.41) is 3.12. The van der Waals surface area contributed by atoms with E-state index in [4.69, 9.17) is 9.15 Å². The van der Waals surface area contributed by atoms with Gasteiger partial charge in [-0.05, 0) is 19.5 Å². The number of methoxy groups -OCH3 is 1. The molecule has 1 aliphatic rings. The van der Waals surface area contributed by atoms with Crippen molar-refractivity contribution in [1.29, 1.82) is 0 Å². The molecule has 0 bridgehead atoms. The third-order valence-electron chi connectivity index (χ3n) is 3.13. The molecule has 2 heterocycles. The lowest BCUT2D eigenvalue weighted by molar-refractivity contribution is 0.107. The zero-order valence-electron chi connectivity index (χ0n) is 10.0. The number of nitrogens with zero attached hydrogens (tertiary/aromatic N) is 1. The van der Waals surface area contributed by atoms with E-state index >= 15 is 0 Å². The van der Waals surface area contributed by atoms with Crippen LogP contribution in [0.15, 0.2) is 16.7 Å². The van der Waals surface area contributed by atoms with E-state index in [9.17, 15) is 0 Å². The highest BCUT2D eigenvalue weighted by molar-refractivity contribution is 5.17. The average molecular weight is 224 g/mol. The zero-order valence-corrected chi connectivity index (χ0v) is 10.0. The van der Waals surface area contributed by atoms with Crippen molar-refractivity contribution in [2.24, 2.45) is 0 Å². The van der Waals surface area contributed by atoms with Gasteiger partial charge in [0.25, 0.3) is 0 Å². The van der Waals surface area contributed by atoms with Gasteiger partial charge in [-0.3, -0.25) is 4.90 Å². The fraction of sp³-hybridized carbons (Fsp3) is 0.667. The monoisotopic (exact) mass is 224 g/mol. The maximum atomic E-state index is 5.45. The summed E-state index contributed by atoms with van der Waals surface area (Å²) in [7, 11) is 3.72. The molecular weight excluding hydrogens is 204 g/mol. The lowest BCUT2D eigenvalue weighted by Crippen LogP contribution is -2.23. The maximum Gasteiger partial charge on any atom is 0.122 e. The average Bonchev–Trinajstić information content (AvgIpc) is 2.90. The first-order valence-electron chi connectivity index (χ1n) is 5.78. The van der Waals surface area contributed by atoms with Crippen molar-refractivity contribution in [3.63, 3.8) is 0 Å². The third-order valence-corrected chi connectivity index (χ3v) is 3.13. The van der Waals surface area contributed by atoms with Crippen molar-refractivity contribution in [2.75, 3.05) is 27.2 Å². The Morgan fingerprint density at radius 2 is 2.50 bits per heavy atom. The second kappa shape index (κ2) is 5.48. The van der Waals surface area contributed by atoms with Crippen LogP contribution in [-0.2, 0) is 17.8 Å². The third kappa shape index (κ3) is 2.64. The molecule has 0 radical (unpaired) electrons. The molecule has 1 aromatic heterocycles. The van der Waals surface area contributed by atoms with Gasteiger partial charge in [0.1, 0.15) is 5.76 Å². The summed E-state index contributed by atoms with van der Waals surface area (Å²) >= 11 is 0. The van der Waals surface area contributed by atoms with Gasteiger partial charge in [-0.1, -0.05) is 0 Å². The SMILES string of the molecule is CNCc1occc1CN1CCC(OC)C1. The van der Waals surface area contributed by atoms with Crippen LogP contribution in [0.2, 0.25) is 0 Å². The summed E-state index contributed by atoms with van der Waals surface area (Å²) in [6, 6.07) is 2.06. The van der Waals surface area contributed by atoms with Gasteiger partial charge in [0.15, 0.2) is 0 Å².